The topological polar surface area (TPSA) is 55.8 Å². The molecule has 1 N–H and O–H groups in total. The zero-order valence-electron chi connectivity index (χ0n) is 12.7. The predicted octanol–water partition coefficient (Wildman–Crippen LogP) is 3.20. The van der Waals surface area contributed by atoms with Crippen molar-refractivity contribution in [3.05, 3.63) is 83.1 Å². The highest BCUT2D eigenvalue weighted by atomic mass is 16.5. The highest BCUT2D eigenvalue weighted by Crippen LogP contribution is 2.56. The van der Waals surface area contributed by atoms with Crippen molar-refractivity contribution < 1.29 is 19.4 Å². The van der Waals surface area contributed by atoms with Crippen LogP contribution in [0.2, 0.25) is 0 Å². The molecule has 0 fully saturated rings. The number of hydrogen-bond donors (Lipinski definition) is 1. The van der Waals surface area contributed by atoms with Crippen molar-refractivity contribution in [1.29, 1.82) is 0 Å². The van der Waals surface area contributed by atoms with Crippen molar-refractivity contribution in [3.8, 4) is 11.5 Å². The Morgan fingerprint density at radius 2 is 2.00 bits per heavy atom. The van der Waals surface area contributed by atoms with Crippen molar-refractivity contribution in [2.45, 2.75) is 12.2 Å². The van der Waals surface area contributed by atoms with Crippen molar-refractivity contribution in [2.75, 3.05) is 0 Å². The molecule has 1 aliphatic carbocycles. The van der Waals surface area contributed by atoms with Gasteiger partial charge in [0.05, 0.1) is 12.5 Å². The van der Waals surface area contributed by atoms with Crippen LogP contribution in [-0.4, -0.2) is 10.9 Å². The second kappa shape index (κ2) is 4.58. The Balaban J connectivity index is 1.84. The number of benzene rings is 2. The summed E-state index contributed by atoms with van der Waals surface area (Å²) >= 11 is 0. The molecule has 2 atom stereocenters. The van der Waals surface area contributed by atoms with E-state index in [4.69, 9.17) is 9.47 Å². The molecular formula is C20H14O4. The van der Waals surface area contributed by atoms with Crippen LogP contribution in [0.1, 0.15) is 16.7 Å². The summed E-state index contributed by atoms with van der Waals surface area (Å²) in [5.74, 6) is 0.878. The molecule has 0 saturated carbocycles. The highest BCUT2D eigenvalue weighted by molar-refractivity contribution is 6.00. The minimum Gasteiger partial charge on any atom is -0.508 e. The molecule has 4 heteroatoms. The number of fused-ring (bicyclic) bond motifs is 6. The Bertz CT molecular complexity index is 940. The molecule has 24 heavy (non-hydrogen) atoms. The summed E-state index contributed by atoms with van der Waals surface area (Å²) in [6.07, 6.45) is 4.92. The van der Waals surface area contributed by atoms with Crippen LogP contribution >= 0.6 is 0 Å². The molecule has 2 aliphatic heterocycles. The average Bonchev–Trinajstić information content (AvgIpc) is 2.95. The average molecular weight is 318 g/mol. The van der Waals surface area contributed by atoms with Gasteiger partial charge < -0.3 is 14.6 Å². The molecule has 2 heterocycles. The van der Waals surface area contributed by atoms with E-state index in [-0.39, 0.29) is 17.5 Å². The van der Waals surface area contributed by atoms with Gasteiger partial charge in [-0.15, -0.1) is 0 Å². The first-order valence-electron chi connectivity index (χ1n) is 7.86. The van der Waals surface area contributed by atoms with Crippen LogP contribution in [0.4, 0.5) is 0 Å². The standard InChI is InChI=1S/C20H14O4/c21-13-5-7-16-18(9-13)24-19-10-14(22)6-8-17(19)20(16)15-4-2-1-3-12(15)11-23-20/h1-10,16,22H,11H2. The van der Waals surface area contributed by atoms with Crippen LogP contribution in [0.15, 0.2) is 66.5 Å². The zero-order chi connectivity index (χ0) is 16.3. The van der Waals surface area contributed by atoms with Crippen LogP contribution < -0.4 is 4.74 Å². The van der Waals surface area contributed by atoms with E-state index >= 15 is 0 Å². The van der Waals surface area contributed by atoms with Crippen LogP contribution in [0.3, 0.4) is 0 Å². The number of allylic oxidation sites excluding steroid dienone is 2. The molecular weight excluding hydrogens is 304 g/mol. The first-order chi connectivity index (χ1) is 11.7. The minimum absolute atomic E-state index is 0.105. The quantitative estimate of drug-likeness (QED) is 0.810. The van der Waals surface area contributed by atoms with E-state index in [0.29, 0.717) is 18.1 Å². The van der Waals surface area contributed by atoms with Gasteiger partial charge in [-0.2, -0.15) is 0 Å². The van der Waals surface area contributed by atoms with E-state index in [0.717, 1.165) is 16.7 Å². The van der Waals surface area contributed by atoms with Crippen molar-refractivity contribution in [2.24, 2.45) is 5.92 Å². The van der Waals surface area contributed by atoms with Gasteiger partial charge in [-0.05, 0) is 29.3 Å². The Morgan fingerprint density at radius 1 is 1.12 bits per heavy atom. The summed E-state index contributed by atoms with van der Waals surface area (Å²) in [6.45, 7) is 0.502. The monoisotopic (exact) mass is 318 g/mol. The molecule has 2 aromatic rings. The molecule has 2 aromatic carbocycles. The van der Waals surface area contributed by atoms with Gasteiger partial charge in [0.15, 0.2) is 5.78 Å². The summed E-state index contributed by atoms with van der Waals surface area (Å²) in [5.41, 5.74) is 2.34. The number of ketones is 1. The molecule has 1 spiro atoms. The predicted molar refractivity (Wildman–Crippen MR) is 86.5 cm³/mol. The third-order valence-electron chi connectivity index (χ3n) is 4.95. The Morgan fingerprint density at radius 3 is 2.92 bits per heavy atom. The lowest BCUT2D eigenvalue weighted by Crippen LogP contribution is -2.42. The lowest BCUT2D eigenvalue weighted by molar-refractivity contribution is -0.111. The van der Waals surface area contributed by atoms with Crippen molar-refractivity contribution >= 4 is 5.78 Å². The largest absolute Gasteiger partial charge is 0.508 e. The van der Waals surface area contributed by atoms with Crippen LogP contribution in [0.5, 0.6) is 11.5 Å². The summed E-state index contributed by atoms with van der Waals surface area (Å²) in [5, 5.41) is 9.84. The van der Waals surface area contributed by atoms with Gasteiger partial charge >= 0.3 is 0 Å². The molecule has 4 nitrogen and oxygen atoms in total. The van der Waals surface area contributed by atoms with Gasteiger partial charge in [0.25, 0.3) is 0 Å². The number of hydrogen-bond acceptors (Lipinski definition) is 4. The van der Waals surface area contributed by atoms with E-state index in [1.54, 1.807) is 18.2 Å². The molecule has 3 aliphatic rings. The number of rotatable bonds is 0. The molecule has 0 saturated heterocycles. The second-order valence-electron chi connectivity index (χ2n) is 6.25. The molecule has 5 rings (SSSR count). The SMILES string of the molecule is O=C1C=CC2C(=C1)Oc1cc(O)ccc1C21OCc2ccccc21. The van der Waals surface area contributed by atoms with E-state index in [1.807, 2.05) is 24.3 Å². The lowest BCUT2D eigenvalue weighted by Gasteiger charge is -2.43. The third-order valence-corrected chi connectivity index (χ3v) is 4.95. The fourth-order valence-electron chi connectivity index (χ4n) is 3.95. The van der Waals surface area contributed by atoms with Gasteiger partial charge in [-0.3, -0.25) is 4.79 Å². The van der Waals surface area contributed by atoms with Crippen LogP contribution in [0.25, 0.3) is 0 Å². The van der Waals surface area contributed by atoms with Gasteiger partial charge in [-0.25, -0.2) is 0 Å². The molecule has 0 amide bonds. The maximum Gasteiger partial charge on any atom is 0.181 e. The minimum atomic E-state index is -0.735. The van der Waals surface area contributed by atoms with Crippen molar-refractivity contribution in [1.82, 2.24) is 0 Å². The van der Waals surface area contributed by atoms with Crippen LogP contribution in [-0.2, 0) is 21.7 Å². The second-order valence-corrected chi connectivity index (χ2v) is 6.25. The van der Waals surface area contributed by atoms with Crippen LogP contribution in [0, 0.1) is 5.92 Å². The van der Waals surface area contributed by atoms with Gasteiger partial charge in [-0.1, -0.05) is 30.3 Å². The van der Waals surface area contributed by atoms with Gasteiger partial charge in [0, 0.05) is 17.7 Å². The lowest BCUT2D eigenvalue weighted by atomic mass is 9.71. The first kappa shape index (κ1) is 13.6. The third kappa shape index (κ3) is 1.63. The van der Waals surface area contributed by atoms with E-state index in [9.17, 15) is 9.90 Å². The number of carbonyl (C=O) groups excluding carboxylic acids is 1. The van der Waals surface area contributed by atoms with E-state index in [1.165, 1.54) is 6.08 Å². The number of carbonyl (C=O) groups is 1. The highest BCUT2D eigenvalue weighted by Gasteiger charge is 2.54. The number of phenolic OH excluding ortho intramolecular Hbond substituents is 1. The van der Waals surface area contributed by atoms with E-state index < -0.39 is 5.60 Å². The maximum absolute atomic E-state index is 11.8. The normalized spacial score (nSPS) is 26.4. The molecule has 2 unspecified atom stereocenters. The fourth-order valence-corrected chi connectivity index (χ4v) is 3.95. The fraction of sp³-hybridized carbons (Fsp3) is 0.150. The molecule has 0 bridgehead atoms. The number of aromatic hydroxyl groups is 1. The Labute approximate surface area is 138 Å². The smallest absolute Gasteiger partial charge is 0.181 e. The number of ether oxygens (including phenoxy) is 2. The molecule has 0 radical (unpaired) electrons. The van der Waals surface area contributed by atoms with E-state index in [2.05, 4.69) is 12.1 Å². The summed E-state index contributed by atoms with van der Waals surface area (Å²) in [7, 11) is 0. The Kier molecular flexibility index (Phi) is 2.59. The summed E-state index contributed by atoms with van der Waals surface area (Å²) < 4.78 is 12.3. The molecule has 0 aromatic heterocycles. The summed E-state index contributed by atoms with van der Waals surface area (Å²) in [4.78, 5) is 11.8. The van der Waals surface area contributed by atoms with Crippen molar-refractivity contribution in [3.63, 3.8) is 0 Å². The van der Waals surface area contributed by atoms with Gasteiger partial charge in [0.2, 0.25) is 0 Å². The zero-order valence-corrected chi connectivity index (χ0v) is 12.7. The first-order valence-corrected chi connectivity index (χ1v) is 7.86. The molecule has 118 valence electrons. The number of phenols is 1. The van der Waals surface area contributed by atoms with Gasteiger partial charge in [0.1, 0.15) is 22.9 Å². The summed E-state index contributed by atoms with van der Waals surface area (Å²) in [6, 6.07) is 13.2. The Hall–Kier alpha value is -2.85. The maximum atomic E-state index is 11.8.